The zero-order valence-corrected chi connectivity index (χ0v) is 12.3. The molecule has 0 aliphatic heterocycles. The van der Waals surface area contributed by atoms with Crippen LogP contribution in [0.2, 0.25) is 0 Å². The Morgan fingerprint density at radius 2 is 1.75 bits per heavy atom. The van der Waals surface area contributed by atoms with Crippen molar-refractivity contribution < 1.29 is 14.3 Å². The van der Waals surface area contributed by atoms with Gasteiger partial charge < -0.3 is 9.47 Å². The van der Waals surface area contributed by atoms with Crippen LogP contribution in [0.5, 0.6) is 5.75 Å². The molecule has 0 aromatic heterocycles. The van der Waals surface area contributed by atoms with Crippen molar-refractivity contribution in [1.82, 2.24) is 0 Å². The van der Waals surface area contributed by atoms with Gasteiger partial charge in [-0.2, -0.15) is 0 Å². The van der Waals surface area contributed by atoms with Crippen molar-refractivity contribution in [2.24, 2.45) is 0 Å². The summed E-state index contributed by atoms with van der Waals surface area (Å²) < 4.78 is 10.1. The van der Waals surface area contributed by atoms with Crippen molar-refractivity contribution in [3.05, 3.63) is 59.7 Å². The van der Waals surface area contributed by atoms with Crippen LogP contribution < -0.4 is 4.74 Å². The summed E-state index contributed by atoms with van der Waals surface area (Å²) in [5, 5.41) is 0. The minimum absolute atomic E-state index is 0.304. The maximum atomic E-state index is 11.7. The summed E-state index contributed by atoms with van der Waals surface area (Å²) in [5.41, 5.74) is 1.56. The third-order valence-corrected chi connectivity index (χ3v) is 3.98. The zero-order valence-electron chi connectivity index (χ0n) is 11.5. The average Bonchev–Trinajstić information content (AvgIpc) is 2.52. The molecular weight excluding hydrogens is 272 g/mol. The molecule has 2 rings (SSSR count). The van der Waals surface area contributed by atoms with E-state index in [9.17, 15) is 4.79 Å². The molecule has 0 heterocycles. The van der Waals surface area contributed by atoms with Gasteiger partial charge in [-0.15, -0.1) is 11.8 Å². The Labute approximate surface area is 122 Å². The zero-order chi connectivity index (χ0) is 14.4. The first-order chi connectivity index (χ1) is 9.76. The lowest BCUT2D eigenvalue weighted by atomic mass is 10.1. The fourth-order valence-electron chi connectivity index (χ4n) is 1.85. The summed E-state index contributed by atoms with van der Waals surface area (Å²) in [7, 11) is 3.05. The fourth-order valence-corrected chi connectivity index (χ4v) is 2.88. The molecule has 0 saturated carbocycles. The van der Waals surface area contributed by atoms with Crippen LogP contribution in [0.4, 0.5) is 0 Å². The van der Waals surface area contributed by atoms with Crippen LogP contribution in [0.25, 0.3) is 0 Å². The molecule has 0 saturated heterocycles. The normalized spacial score (nSPS) is 10.1. The number of benzene rings is 2. The Morgan fingerprint density at radius 1 is 1.05 bits per heavy atom. The van der Waals surface area contributed by atoms with Gasteiger partial charge in [0.25, 0.3) is 0 Å². The molecule has 0 atom stereocenters. The van der Waals surface area contributed by atoms with Gasteiger partial charge in [0.1, 0.15) is 5.75 Å². The lowest BCUT2D eigenvalue weighted by Crippen LogP contribution is -2.04. The SMILES string of the molecule is COC(=O)c1ccccc1CSc1ccccc1OC. The Bertz CT molecular complexity index is 596. The Hall–Kier alpha value is -1.94. The van der Waals surface area contributed by atoms with Crippen molar-refractivity contribution in [2.75, 3.05) is 14.2 Å². The first-order valence-electron chi connectivity index (χ1n) is 6.18. The van der Waals surface area contributed by atoms with E-state index in [1.807, 2.05) is 42.5 Å². The van der Waals surface area contributed by atoms with Crippen molar-refractivity contribution in [3.63, 3.8) is 0 Å². The largest absolute Gasteiger partial charge is 0.496 e. The first kappa shape index (κ1) is 14.5. The van der Waals surface area contributed by atoms with Gasteiger partial charge >= 0.3 is 5.97 Å². The van der Waals surface area contributed by atoms with Crippen LogP contribution in [0.3, 0.4) is 0 Å². The molecule has 0 spiro atoms. The lowest BCUT2D eigenvalue weighted by molar-refractivity contribution is 0.0600. The summed E-state index contributed by atoms with van der Waals surface area (Å²) in [4.78, 5) is 12.8. The van der Waals surface area contributed by atoms with Crippen molar-refractivity contribution >= 4 is 17.7 Å². The van der Waals surface area contributed by atoms with E-state index in [-0.39, 0.29) is 5.97 Å². The molecule has 0 aliphatic rings. The van der Waals surface area contributed by atoms with Gasteiger partial charge in [-0.25, -0.2) is 4.79 Å². The molecule has 0 unspecified atom stereocenters. The number of carbonyl (C=O) groups excluding carboxylic acids is 1. The van der Waals surface area contributed by atoms with Gasteiger partial charge in [-0.1, -0.05) is 30.3 Å². The topological polar surface area (TPSA) is 35.5 Å². The second-order valence-electron chi connectivity index (χ2n) is 4.09. The van der Waals surface area contributed by atoms with Gasteiger partial charge in [0, 0.05) is 10.6 Å². The second-order valence-corrected chi connectivity index (χ2v) is 5.11. The molecule has 2 aromatic carbocycles. The Kier molecular flexibility index (Phi) is 5.07. The molecule has 104 valence electrons. The highest BCUT2D eigenvalue weighted by Crippen LogP contribution is 2.31. The molecule has 0 amide bonds. The molecule has 4 heteroatoms. The summed E-state index contributed by atoms with van der Waals surface area (Å²) >= 11 is 1.63. The molecule has 20 heavy (non-hydrogen) atoms. The van der Waals surface area contributed by atoms with Gasteiger partial charge in [-0.05, 0) is 23.8 Å². The van der Waals surface area contributed by atoms with E-state index in [1.54, 1.807) is 24.9 Å². The molecular formula is C16H16O3S. The first-order valence-corrected chi connectivity index (χ1v) is 7.17. The number of thioether (sulfide) groups is 1. The van der Waals surface area contributed by atoms with Crippen molar-refractivity contribution in [3.8, 4) is 5.75 Å². The van der Waals surface area contributed by atoms with Crippen LogP contribution >= 0.6 is 11.8 Å². The highest BCUT2D eigenvalue weighted by molar-refractivity contribution is 7.98. The van der Waals surface area contributed by atoms with E-state index >= 15 is 0 Å². The highest BCUT2D eigenvalue weighted by Gasteiger charge is 2.11. The van der Waals surface area contributed by atoms with Crippen molar-refractivity contribution in [1.29, 1.82) is 0 Å². The number of para-hydroxylation sites is 1. The molecule has 2 aromatic rings. The van der Waals surface area contributed by atoms with Gasteiger partial charge in [0.05, 0.1) is 19.8 Å². The van der Waals surface area contributed by atoms with Crippen LogP contribution in [0.1, 0.15) is 15.9 Å². The van der Waals surface area contributed by atoms with Gasteiger partial charge in [0.15, 0.2) is 0 Å². The molecule has 0 aliphatic carbocycles. The fraction of sp³-hybridized carbons (Fsp3) is 0.188. The summed E-state index contributed by atoms with van der Waals surface area (Å²) in [6, 6.07) is 15.3. The van der Waals surface area contributed by atoms with Crippen LogP contribution in [-0.4, -0.2) is 20.2 Å². The molecule has 0 bridgehead atoms. The molecule has 3 nitrogen and oxygen atoms in total. The number of hydrogen-bond donors (Lipinski definition) is 0. The maximum Gasteiger partial charge on any atom is 0.338 e. The standard InChI is InChI=1S/C16H16O3S/c1-18-14-9-5-6-10-15(14)20-11-12-7-3-4-8-13(12)16(17)19-2/h3-10H,11H2,1-2H3. The summed E-state index contributed by atoms with van der Waals surface area (Å²) in [5.74, 6) is 1.22. The minimum Gasteiger partial charge on any atom is -0.496 e. The van der Waals surface area contributed by atoms with Crippen molar-refractivity contribution in [2.45, 2.75) is 10.6 Å². The van der Waals surface area contributed by atoms with Crippen LogP contribution in [0.15, 0.2) is 53.4 Å². The van der Waals surface area contributed by atoms with E-state index in [4.69, 9.17) is 9.47 Å². The summed E-state index contributed by atoms with van der Waals surface area (Å²) in [6.45, 7) is 0. The van der Waals surface area contributed by atoms with Crippen LogP contribution in [-0.2, 0) is 10.5 Å². The minimum atomic E-state index is -0.304. The van der Waals surface area contributed by atoms with E-state index in [1.165, 1.54) is 7.11 Å². The predicted molar refractivity (Wildman–Crippen MR) is 80.3 cm³/mol. The van der Waals surface area contributed by atoms with E-state index in [0.29, 0.717) is 11.3 Å². The molecule has 0 N–H and O–H groups in total. The number of hydrogen-bond acceptors (Lipinski definition) is 4. The third kappa shape index (κ3) is 3.33. The predicted octanol–water partition coefficient (Wildman–Crippen LogP) is 3.77. The quantitative estimate of drug-likeness (QED) is 0.619. The van der Waals surface area contributed by atoms with E-state index < -0.39 is 0 Å². The molecule has 0 fully saturated rings. The van der Waals surface area contributed by atoms with Crippen LogP contribution in [0, 0.1) is 0 Å². The van der Waals surface area contributed by atoms with Gasteiger partial charge in [-0.3, -0.25) is 0 Å². The van der Waals surface area contributed by atoms with E-state index in [2.05, 4.69) is 0 Å². The number of ether oxygens (including phenoxy) is 2. The Morgan fingerprint density at radius 3 is 2.50 bits per heavy atom. The number of methoxy groups -OCH3 is 2. The third-order valence-electron chi connectivity index (χ3n) is 2.87. The smallest absolute Gasteiger partial charge is 0.338 e. The highest BCUT2D eigenvalue weighted by atomic mass is 32.2. The summed E-state index contributed by atoms with van der Waals surface area (Å²) in [6.07, 6.45) is 0. The number of rotatable bonds is 5. The monoisotopic (exact) mass is 288 g/mol. The second kappa shape index (κ2) is 7.01. The number of carbonyl (C=O) groups is 1. The average molecular weight is 288 g/mol. The van der Waals surface area contributed by atoms with Gasteiger partial charge in [0.2, 0.25) is 0 Å². The maximum absolute atomic E-state index is 11.7. The Balaban J connectivity index is 2.17. The molecule has 0 radical (unpaired) electrons. The lowest BCUT2D eigenvalue weighted by Gasteiger charge is -2.10. The number of esters is 1. The van der Waals surface area contributed by atoms with E-state index in [0.717, 1.165) is 16.2 Å².